The predicted molar refractivity (Wildman–Crippen MR) is 74.5 cm³/mol. The summed E-state index contributed by atoms with van der Waals surface area (Å²) >= 11 is 0. The Labute approximate surface area is 140 Å². The number of halogens is 1. The number of imide groups is 1. The van der Waals surface area contributed by atoms with Crippen molar-refractivity contribution in [1.82, 2.24) is 15.5 Å². The Kier molecular flexibility index (Phi) is 4.94. The summed E-state index contributed by atoms with van der Waals surface area (Å²) in [4.78, 5) is 24.3. The molecule has 22 heavy (non-hydrogen) atoms. The molecule has 1 aromatic carbocycles. The Bertz CT molecular complexity index is 731. The van der Waals surface area contributed by atoms with Gasteiger partial charge in [0.25, 0.3) is 0 Å². The molecule has 8 heteroatoms. The average molecular weight is 475 g/mol. The fraction of sp³-hybridized carbons (Fsp3) is 0.357. The van der Waals surface area contributed by atoms with Crippen LogP contribution in [0.15, 0.2) is 12.1 Å². The van der Waals surface area contributed by atoms with Crippen molar-refractivity contribution in [2.45, 2.75) is 26.2 Å². The number of nitrogens with zero attached hydrogens (tertiary/aromatic N) is 3. The van der Waals surface area contributed by atoms with Gasteiger partial charge in [0.15, 0.2) is 0 Å². The third-order valence-electron chi connectivity index (χ3n) is 3.49. The first-order valence-corrected chi connectivity index (χ1v) is 6.83. The molecule has 0 spiro atoms. The minimum atomic E-state index is -0.550. The van der Waals surface area contributed by atoms with Crippen molar-refractivity contribution in [1.29, 1.82) is 0 Å². The van der Waals surface area contributed by atoms with E-state index in [-0.39, 0.29) is 50.9 Å². The SMILES string of the molecule is CCCc1cc2[n-]nc(N3CCC(=O)NC3=O)c2cc1F.[Re]. The smallest absolute Gasteiger partial charge is 0.329 e. The van der Waals surface area contributed by atoms with E-state index in [0.717, 1.165) is 6.42 Å². The van der Waals surface area contributed by atoms with Crippen molar-refractivity contribution in [3.8, 4) is 0 Å². The monoisotopic (exact) mass is 476 g/mol. The van der Waals surface area contributed by atoms with Gasteiger partial charge in [-0.15, -0.1) is 5.52 Å². The number of hydrogen-bond acceptors (Lipinski definition) is 3. The number of nitrogens with one attached hydrogen (secondary N) is 1. The van der Waals surface area contributed by atoms with Gasteiger partial charge in [0.05, 0.1) is 0 Å². The van der Waals surface area contributed by atoms with E-state index < -0.39 is 6.03 Å². The van der Waals surface area contributed by atoms with Crippen molar-refractivity contribution in [3.63, 3.8) is 0 Å². The third-order valence-corrected chi connectivity index (χ3v) is 3.49. The summed E-state index contributed by atoms with van der Waals surface area (Å²) in [6, 6.07) is 2.47. The topological polar surface area (TPSA) is 76.4 Å². The van der Waals surface area contributed by atoms with Crippen LogP contribution in [-0.4, -0.2) is 23.6 Å². The number of carbonyl (C=O) groups excluding carboxylic acids is 2. The standard InChI is InChI=1S/C14H15FN4O2.Re/c1-2-3-8-6-11-9(7-10(8)15)13(18-17-11)19-5-4-12(20)16-14(19)21;/h6-7H,2-5H2,1H3,(H2,16,17,18,20,21);/p-1. The summed E-state index contributed by atoms with van der Waals surface area (Å²) < 4.78 is 14.1. The van der Waals surface area contributed by atoms with Crippen LogP contribution in [0.1, 0.15) is 25.3 Å². The molecule has 0 unspecified atom stereocenters. The molecule has 0 bridgehead atoms. The maximum atomic E-state index is 14.1. The molecular formula is C14H14FN4O2Re-. The fourth-order valence-corrected chi connectivity index (χ4v) is 2.45. The van der Waals surface area contributed by atoms with Crippen LogP contribution in [0.4, 0.5) is 15.0 Å². The first-order chi connectivity index (χ1) is 10.1. The minimum absolute atomic E-state index is 0. The number of anilines is 1. The van der Waals surface area contributed by atoms with Crippen LogP contribution in [0.25, 0.3) is 10.9 Å². The van der Waals surface area contributed by atoms with Crippen LogP contribution in [0.3, 0.4) is 0 Å². The summed E-state index contributed by atoms with van der Waals surface area (Å²) in [5.74, 6) is -0.359. The first-order valence-electron chi connectivity index (χ1n) is 6.83. The van der Waals surface area contributed by atoms with Gasteiger partial charge in [-0.3, -0.25) is 15.0 Å². The molecule has 117 valence electrons. The molecule has 1 aromatic heterocycles. The molecule has 3 amide bonds. The quantitative estimate of drug-likeness (QED) is 0.734. The van der Waals surface area contributed by atoms with Crippen molar-refractivity contribution >= 4 is 28.7 Å². The Morgan fingerprint density at radius 3 is 2.86 bits per heavy atom. The number of benzene rings is 1. The van der Waals surface area contributed by atoms with Gasteiger partial charge in [-0.25, -0.2) is 9.18 Å². The number of fused-ring (bicyclic) bond motifs is 1. The molecule has 3 rings (SSSR count). The Hall–Kier alpha value is -1.78. The van der Waals surface area contributed by atoms with Crippen LogP contribution in [0.2, 0.25) is 0 Å². The number of urea groups is 1. The Morgan fingerprint density at radius 2 is 2.18 bits per heavy atom. The Balaban J connectivity index is 0.00000176. The van der Waals surface area contributed by atoms with Crippen molar-refractivity contribution in [3.05, 3.63) is 23.5 Å². The van der Waals surface area contributed by atoms with Crippen LogP contribution in [-0.2, 0) is 31.6 Å². The predicted octanol–water partition coefficient (Wildman–Crippen LogP) is 1.73. The molecule has 1 saturated heterocycles. The number of aromatic nitrogens is 2. The summed E-state index contributed by atoms with van der Waals surface area (Å²) in [6.45, 7) is 2.19. The number of rotatable bonds is 3. The molecule has 2 heterocycles. The second-order valence-corrected chi connectivity index (χ2v) is 4.99. The van der Waals surface area contributed by atoms with E-state index in [4.69, 9.17) is 0 Å². The van der Waals surface area contributed by atoms with Gasteiger partial charge in [0, 0.05) is 38.8 Å². The van der Waals surface area contributed by atoms with Gasteiger partial charge in [0.2, 0.25) is 5.91 Å². The zero-order valence-electron chi connectivity index (χ0n) is 11.9. The number of amides is 3. The van der Waals surface area contributed by atoms with Gasteiger partial charge in [-0.1, -0.05) is 19.4 Å². The molecule has 1 radical (unpaired) electrons. The van der Waals surface area contributed by atoms with Crippen molar-refractivity contribution in [2.75, 3.05) is 11.4 Å². The number of aryl methyl sites for hydroxylation is 1. The molecule has 0 atom stereocenters. The molecule has 1 aliphatic rings. The van der Waals surface area contributed by atoms with E-state index in [0.29, 0.717) is 22.9 Å². The summed E-state index contributed by atoms with van der Waals surface area (Å²) in [6.07, 6.45) is 1.65. The maximum Gasteiger partial charge on any atom is 0.329 e. The normalized spacial score (nSPS) is 14.9. The number of hydrogen-bond donors (Lipinski definition) is 1. The first kappa shape index (κ1) is 16.6. The molecular weight excluding hydrogens is 461 g/mol. The molecule has 1 fully saturated rings. The second-order valence-electron chi connectivity index (χ2n) is 4.99. The molecule has 1 N–H and O–H groups in total. The van der Waals surface area contributed by atoms with Crippen LogP contribution < -0.4 is 15.3 Å². The van der Waals surface area contributed by atoms with Crippen LogP contribution >= 0.6 is 0 Å². The van der Waals surface area contributed by atoms with Gasteiger partial charge in [-0.2, -0.15) is 0 Å². The van der Waals surface area contributed by atoms with Crippen molar-refractivity contribution in [2.24, 2.45) is 0 Å². The van der Waals surface area contributed by atoms with Crippen LogP contribution in [0.5, 0.6) is 0 Å². The zero-order valence-corrected chi connectivity index (χ0v) is 14.6. The average Bonchev–Trinajstić information content (AvgIpc) is 2.82. The minimum Gasteiger partial charge on any atom is -0.573 e. The molecule has 0 aliphatic carbocycles. The molecule has 0 saturated carbocycles. The van der Waals surface area contributed by atoms with E-state index in [9.17, 15) is 14.0 Å². The fourth-order valence-electron chi connectivity index (χ4n) is 2.45. The van der Waals surface area contributed by atoms with E-state index in [1.54, 1.807) is 6.07 Å². The second kappa shape index (κ2) is 6.55. The van der Waals surface area contributed by atoms with Gasteiger partial charge in [-0.05, 0) is 18.1 Å². The summed E-state index contributed by atoms with van der Waals surface area (Å²) in [7, 11) is 0. The largest absolute Gasteiger partial charge is 0.573 e. The molecule has 2 aromatic rings. The Morgan fingerprint density at radius 1 is 1.41 bits per heavy atom. The summed E-state index contributed by atoms with van der Waals surface area (Å²) in [5.41, 5.74) is 1.15. The van der Waals surface area contributed by atoms with Crippen LogP contribution in [0, 0.1) is 5.82 Å². The van der Waals surface area contributed by atoms with Gasteiger partial charge < -0.3 is 10.2 Å². The van der Waals surface area contributed by atoms with Gasteiger partial charge in [0.1, 0.15) is 11.6 Å². The molecule has 6 nitrogen and oxygen atoms in total. The van der Waals surface area contributed by atoms with Gasteiger partial charge >= 0.3 is 6.03 Å². The van der Waals surface area contributed by atoms with E-state index in [2.05, 4.69) is 15.5 Å². The van der Waals surface area contributed by atoms with E-state index in [1.165, 1.54) is 11.0 Å². The molecule has 1 aliphatic heterocycles. The third kappa shape index (κ3) is 2.89. The number of carbonyl (C=O) groups is 2. The zero-order chi connectivity index (χ0) is 15.0. The van der Waals surface area contributed by atoms with Crippen molar-refractivity contribution < 1.29 is 34.4 Å². The van der Waals surface area contributed by atoms with E-state index in [1.807, 2.05) is 6.92 Å². The summed E-state index contributed by atoms with van der Waals surface area (Å²) in [5, 5.41) is 10.7. The maximum absolute atomic E-state index is 14.1. The van der Waals surface area contributed by atoms with E-state index >= 15 is 0 Å².